The van der Waals surface area contributed by atoms with Crippen molar-refractivity contribution >= 4 is 19.8 Å². The minimum absolute atomic E-state index is 0.00954. The van der Waals surface area contributed by atoms with Crippen molar-refractivity contribution in [3.05, 3.63) is 72.9 Å². The fourth-order valence-electron chi connectivity index (χ4n) is 6.47. The van der Waals surface area contributed by atoms with Gasteiger partial charge in [-0.15, -0.1) is 0 Å². The summed E-state index contributed by atoms with van der Waals surface area (Å²) < 4.78 is 32.7. The van der Waals surface area contributed by atoms with Gasteiger partial charge in [-0.3, -0.25) is 18.6 Å². The topological polar surface area (TPSA) is 195 Å². The molecular formula is C45H76NO11P. The van der Waals surface area contributed by atoms with E-state index in [1.807, 2.05) is 18.2 Å². The molecule has 13 heteroatoms. The SMILES string of the molecule is CC/C=C\C/C=C\C/C=C\C/C=C\C/C=C\CCCC(=O)O[C@H](COC(=O)CCCCCC[C@@H]1[C@@H](/C=C/[C@@H](O)CCCCC)[C@H](O)C[C@@H]1O)COP(=O)(O)OCCN. The Balaban J connectivity index is 2.42. The number of carbonyl (C=O) groups is 2. The zero-order valence-corrected chi connectivity index (χ0v) is 36.2. The molecule has 1 saturated carbocycles. The van der Waals surface area contributed by atoms with Crippen LogP contribution < -0.4 is 5.73 Å². The fraction of sp³-hybridized carbons (Fsp3) is 0.689. The molecule has 0 aromatic heterocycles. The Morgan fingerprint density at radius 2 is 1.38 bits per heavy atom. The van der Waals surface area contributed by atoms with Gasteiger partial charge in [-0.2, -0.15) is 0 Å². The van der Waals surface area contributed by atoms with E-state index in [1.54, 1.807) is 6.08 Å². The lowest BCUT2D eigenvalue weighted by molar-refractivity contribution is -0.161. The van der Waals surface area contributed by atoms with Crippen LogP contribution in [-0.2, 0) is 32.7 Å². The second-order valence-electron chi connectivity index (χ2n) is 14.8. The highest BCUT2D eigenvalue weighted by Crippen LogP contribution is 2.43. The van der Waals surface area contributed by atoms with Crippen molar-refractivity contribution in [1.29, 1.82) is 0 Å². The molecule has 58 heavy (non-hydrogen) atoms. The lowest BCUT2D eigenvalue weighted by atomic mass is 9.88. The highest BCUT2D eigenvalue weighted by molar-refractivity contribution is 7.47. The minimum Gasteiger partial charge on any atom is -0.462 e. The van der Waals surface area contributed by atoms with Crippen molar-refractivity contribution in [1.82, 2.24) is 0 Å². The van der Waals surface area contributed by atoms with Crippen molar-refractivity contribution in [2.24, 2.45) is 17.6 Å². The monoisotopic (exact) mass is 838 g/mol. The van der Waals surface area contributed by atoms with Gasteiger partial charge in [0.1, 0.15) is 6.61 Å². The molecule has 332 valence electrons. The number of hydrogen-bond acceptors (Lipinski definition) is 11. The quantitative estimate of drug-likeness (QED) is 0.0177. The standard InChI is InChI=1S/C45H76NO11P/c1-3-5-7-8-9-10-11-12-13-14-15-16-17-18-19-20-26-30-45(51)57-39(37-56-58(52,53)55-34-33-46)36-54-44(50)29-25-22-21-24-28-40-41(43(49)35-42(40)48)32-31-38(47)27-23-6-4-2/h5,7,9-10,12-13,15-16,18-19,31-32,38-43,47-49H,3-4,6,8,11,14,17,20-30,33-37,46H2,1-2H3,(H,52,53)/b7-5-,10-9-,13-12-,16-15-,19-18-,32-31+/t38-,39+,40+,41+,42-,43+/m0/s1. The van der Waals surface area contributed by atoms with Crippen LogP contribution in [0.15, 0.2) is 72.9 Å². The summed E-state index contributed by atoms with van der Waals surface area (Å²) in [7, 11) is -4.45. The van der Waals surface area contributed by atoms with Gasteiger partial charge in [0.2, 0.25) is 0 Å². The zero-order chi connectivity index (χ0) is 42.7. The van der Waals surface area contributed by atoms with Gasteiger partial charge in [-0.25, -0.2) is 4.57 Å². The van der Waals surface area contributed by atoms with Crippen LogP contribution in [0.25, 0.3) is 0 Å². The first-order chi connectivity index (χ1) is 28.0. The molecule has 1 rings (SSSR count). The lowest BCUT2D eigenvalue weighted by Gasteiger charge is -2.21. The van der Waals surface area contributed by atoms with Crippen molar-refractivity contribution in [3.63, 3.8) is 0 Å². The third-order valence-electron chi connectivity index (χ3n) is 9.68. The first kappa shape index (κ1) is 53.3. The van der Waals surface area contributed by atoms with Gasteiger partial charge < -0.3 is 35.4 Å². The highest BCUT2D eigenvalue weighted by atomic mass is 31.2. The Morgan fingerprint density at radius 1 is 0.759 bits per heavy atom. The molecule has 0 aromatic rings. The Hall–Kier alpha value is -2.67. The zero-order valence-electron chi connectivity index (χ0n) is 35.3. The molecule has 0 aliphatic heterocycles. The smallest absolute Gasteiger partial charge is 0.462 e. The van der Waals surface area contributed by atoms with E-state index >= 15 is 0 Å². The summed E-state index contributed by atoms with van der Waals surface area (Å²) in [6.45, 7) is 3.19. The average Bonchev–Trinajstić information content (AvgIpc) is 3.47. The van der Waals surface area contributed by atoms with Crippen molar-refractivity contribution < 1.29 is 52.9 Å². The lowest BCUT2D eigenvalue weighted by Crippen LogP contribution is -2.29. The first-order valence-corrected chi connectivity index (χ1v) is 23.2. The number of nitrogens with two attached hydrogens (primary N) is 1. The van der Waals surface area contributed by atoms with Crippen LogP contribution in [0.4, 0.5) is 0 Å². The maximum absolute atomic E-state index is 12.6. The van der Waals surface area contributed by atoms with Crippen LogP contribution in [0.2, 0.25) is 0 Å². The summed E-state index contributed by atoms with van der Waals surface area (Å²) in [6, 6.07) is 0. The fourth-order valence-corrected chi connectivity index (χ4v) is 7.24. The van der Waals surface area contributed by atoms with E-state index in [-0.39, 0.29) is 44.4 Å². The van der Waals surface area contributed by atoms with Crippen LogP contribution in [0, 0.1) is 11.8 Å². The average molecular weight is 838 g/mol. The number of allylic oxidation sites excluding steroid dienone is 10. The normalized spacial score (nSPS) is 21.0. The molecule has 1 unspecified atom stereocenters. The van der Waals surface area contributed by atoms with Crippen molar-refractivity contribution in [2.75, 3.05) is 26.4 Å². The molecule has 0 aromatic carbocycles. The predicted molar refractivity (Wildman–Crippen MR) is 231 cm³/mol. The van der Waals surface area contributed by atoms with Gasteiger partial charge >= 0.3 is 19.8 Å². The van der Waals surface area contributed by atoms with E-state index < -0.39 is 50.8 Å². The molecule has 7 atom stereocenters. The summed E-state index contributed by atoms with van der Waals surface area (Å²) in [5.41, 5.74) is 5.34. The molecule has 1 aliphatic rings. The Labute approximate surface area is 348 Å². The van der Waals surface area contributed by atoms with Crippen LogP contribution >= 0.6 is 7.82 Å². The summed E-state index contributed by atoms with van der Waals surface area (Å²) in [5, 5.41) is 31.3. The largest absolute Gasteiger partial charge is 0.472 e. The van der Waals surface area contributed by atoms with Crippen LogP contribution in [0.3, 0.4) is 0 Å². The maximum atomic E-state index is 12.6. The molecular weight excluding hydrogens is 761 g/mol. The number of esters is 2. The second-order valence-corrected chi connectivity index (χ2v) is 16.2. The van der Waals surface area contributed by atoms with E-state index in [0.717, 1.165) is 77.0 Å². The summed E-state index contributed by atoms with van der Waals surface area (Å²) in [5.74, 6) is -1.34. The van der Waals surface area contributed by atoms with Crippen molar-refractivity contribution in [2.45, 2.75) is 160 Å². The summed E-state index contributed by atoms with van der Waals surface area (Å²) in [6.07, 6.45) is 35.8. The van der Waals surface area contributed by atoms with E-state index in [0.29, 0.717) is 32.1 Å². The predicted octanol–water partition coefficient (Wildman–Crippen LogP) is 8.65. The molecule has 0 bridgehead atoms. The molecule has 12 nitrogen and oxygen atoms in total. The van der Waals surface area contributed by atoms with E-state index in [4.69, 9.17) is 24.3 Å². The highest BCUT2D eigenvalue weighted by Gasteiger charge is 2.39. The molecule has 1 fully saturated rings. The van der Waals surface area contributed by atoms with Crippen LogP contribution in [0.1, 0.15) is 136 Å². The maximum Gasteiger partial charge on any atom is 0.472 e. The molecule has 6 N–H and O–H groups in total. The minimum atomic E-state index is -4.45. The van der Waals surface area contributed by atoms with Gasteiger partial charge in [0.25, 0.3) is 0 Å². The number of phosphoric acid groups is 1. The number of unbranched alkanes of at least 4 members (excludes halogenated alkanes) is 6. The summed E-state index contributed by atoms with van der Waals surface area (Å²) in [4.78, 5) is 35.0. The molecule has 0 spiro atoms. The van der Waals surface area contributed by atoms with E-state index in [1.165, 1.54) is 0 Å². The Morgan fingerprint density at radius 3 is 2.02 bits per heavy atom. The molecule has 0 saturated heterocycles. The number of rotatable bonds is 35. The Bertz CT molecular complexity index is 1300. The number of aliphatic hydroxyl groups excluding tert-OH is 3. The summed E-state index contributed by atoms with van der Waals surface area (Å²) >= 11 is 0. The third-order valence-corrected chi connectivity index (χ3v) is 10.7. The van der Waals surface area contributed by atoms with Gasteiger partial charge in [-0.1, -0.05) is 125 Å². The second kappa shape index (κ2) is 35.1. The Kier molecular flexibility index (Phi) is 32.3. The van der Waals surface area contributed by atoms with E-state index in [2.05, 4.69) is 62.5 Å². The van der Waals surface area contributed by atoms with E-state index in [9.17, 15) is 34.4 Å². The van der Waals surface area contributed by atoms with Gasteiger partial charge in [0.15, 0.2) is 6.10 Å². The number of carbonyl (C=O) groups excluding carboxylic acids is 2. The number of hydrogen-bond donors (Lipinski definition) is 5. The first-order valence-electron chi connectivity index (χ1n) is 21.7. The molecule has 0 radical (unpaired) electrons. The molecule has 1 aliphatic carbocycles. The van der Waals surface area contributed by atoms with Gasteiger partial charge in [-0.05, 0) is 70.1 Å². The molecule has 0 amide bonds. The van der Waals surface area contributed by atoms with Crippen molar-refractivity contribution in [3.8, 4) is 0 Å². The van der Waals surface area contributed by atoms with Gasteiger partial charge in [0.05, 0.1) is 31.5 Å². The number of ether oxygens (including phenoxy) is 2. The molecule has 0 heterocycles. The number of aliphatic hydroxyl groups is 3. The van der Waals surface area contributed by atoms with Gasteiger partial charge in [0, 0.05) is 31.7 Å². The van der Waals surface area contributed by atoms with Crippen LogP contribution in [0.5, 0.6) is 0 Å². The van der Waals surface area contributed by atoms with Crippen LogP contribution in [-0.4, -0.2) is 82.9 Å². The number of phosphoric ester groups is 1. The third kappa shape index (κ3) is 28.7.